The van der Waals surface area contributed by atoms with Crippen molar-refractivity contribution in [1.82, 2.24) is 15.1 Å². The van der Waals surface area contributed by atoms with E-state index in [4.69, 9.17) is 0 Å². The maximum Gasteiger partial charge on any atom is 0.268 e. The lowest BCUT2D eigenvalue weighted by atomic mass is 9.84. The molecule has 0 aliphatic heterocycles. The van der Waals surface area contributed by atoms with Crippen LogP contribution in [-0.4, -0.2) is 36.5 Å². The Morgan fingerprint density at radius 3 is 2.67 bits per heavy atom. The molecule has 0 aromatic carbocycles. The number of aromatic nitrogens is 2. The topological polar surface area (TPSA) is 50.2 Å². The van der Waals surface area contributed by atoms with Gasteiger partial charge in [-0.25, -0.2) is 4.68 Å². The third-order valence-electron chi connectivity index (χ3n) is 4.43. The Kier molecular flexibility index (Phi) is 5.79. The molecule has 2 rings (SSSR count). The Balaban J connectivity index is 2.10. The summed E-state index contributed by atoms with van der Waals surface area (Å²) in [4.78, 5) is 14.1. The van der Waals surface area contributed by atoms with Gasteiger partial charge in [0.2, 0.25) is 0 Å². The molecular weight excluding hydrogens is 264 g/mol. The average molecular weight is 292 g/mol. The molecular formula is C16H28N4O. The fraction of sp³-hybridized carbons (Fsp3) is 0.750. The number of likely N-dealkylation sites (N-methyl/N-ethyl adjacent to an activating group) is 1. The molecule has 0 bridgehead atoms. The molecule has 1 heterocycles. The Hall–Kier alpha value is -1.36. The molecule has 1 aromatic rings. The molecule has 5 nitrogen and oxygen atoms in total. The molecule has 5 heteroatoms. The van der Waals surface area contributed by atoms with Gasteiger partial charge in [-0.05, 0) is 25.3 Å². The van der Waals surface area contributed by atoms with E-state index in [9.17, 15) is 4.79 Å². The maximum absolute atomic E-state index is 12.2. The molecule has 0 amide bonds. The van der Waals surface area contributed by atoms with Gasteiger partial charge < -0.3 is 10.2 Å². The molecule has 21 heavy (non-hydrogen) atoms. The van der Waals surface area contributed by atoms with Gasteiger partial charge in [0.1, 0.15) is 0 Å². The first-order valence-electron chi connectivity index (χ1n) is 8.09. The van der Waals surface area contributed by atoms with Crippen molar-refractivity contribution >= 4 is 5.69 Å². The number of anilines is 1. The second kappa shape index (κ2) is 7.59. The predicted octanol–water partition coefficient (Wildman–Crippen LogP) is 1.87. The van der Waals surface area contributed by atoms with Crippen LogP contribution in [-0.2, 0) is 6.54 Å². The Labute approximate surface area is 127 Å². The van der Waals surface area contributed by atoms with E-state index in [1.54, 1.807) is 16.9 Å². The van der Waals surface area contributed by atoms with E-state index >= 15 is 0 Å². The van der Waals surface area contributed by atoms with Crippen molar-refractivity contribution in [1.29, 1.82) is 0 Å². The zero-order valence-corrected chi connectivity index (χ0v) is 13.5. The van der Waals surface area contributed by atoms with Crippen LogP contribution in [0, 0.1) is 5.92 Å². The third kappa shape index (κ3) is 4.30. The number of nitrogens with one attached hydrogen (secondary N) is 1. The van der Waals surface area contributed by atoms with Crippen molar-refractivity contribution in [2.75, 3.05) is 25.5 Å². The molecule has 1 saturated carbocycles. The minimum absolute atomic E-state index is 0.0140. The van der Waals surface area contributed by atoms with Gasteiger partial charge in [0.25, 0.3) is 5.56 Å². The highest BCUT2D eigenvalue weighted by Gasteiger charge is 2.23. The summed E-state index contributed by atoms with van der Waals surface area (Å²) in [7, 11) is 3.84. The van der Waals surface area contributed by atoms with E-state index in [2.05, 4.69) is 17.3 Å². The molecule has 118 valence electrons. The van der Waals surface area contributed by atoms with Gasteiger partial charge in [0, 0.05) is 26.2 Å². The van der Waals surface area contributed by atoms with E-state index in [1.807, 2.05) is 19.0 Å². The highest BCUT2D eigenvalue weighted by Crippen LogP contribution is 2.27. The lowest BCUT2D eigenvalue weighted by Gasteiger charge is -2.31. The molecule has 1 aliphatic rings. The summed E-state index contributed by atoms with van der Waals surface area (Å²) < 4.78 is 1.61. The highest BCUT2D eigenvalue weighted by molar-refractivity contribution is 5.40. The predicted molar refractivity (Wildman–Crippen MR) is 86.9 cm³/mol. The quantitative estimate of drug-likeness (QED) is 0.869. The van der Waals surface area contributed by atoms with E-state index in [0.29, 0.717) is 18.5 Å². The first kappa shape index (κ1) is 16.0. The zero-order valence-electron chi connectivity index (χ0n) is 13.5. The summed E-state index contributed by atoms with van der Waals surface area (Å²) in [5.41, 5.74) is 0.842. The van der Waals surface area contributed by atoms with Crippen molar-refractivity contribution in [3.05, 3.63) is 22.6 Å². The highest BCUT2D eigenvalue weighted by atomic mass is 16.1. The Bertz CT molecular complexity index is 491. The molecule has 1 aliphatic carbocycles. The Morgan fingerprint density at radius 2 is 2.10 bits per heavy atom. The van der Waals surface area contributed by atoms with Crippen LogP contribution in [0.25, 0.3) is 0 Å². The molecule has 0 radical (unpaired) electrons. The van der Waals surface area contributed by atoms with Gasteiger partial charge >= 0.3 is 0 Å². The van der Waals surface area contributed by atoms with Gasteiger partial charge in [-0.2, -0.15) is 5.10 Å². The monoisotopic (exact) mass is 292 g/mol. The van der Waals surface area contributed by atoms with E-state index in [1.165, 1.54) is 32.1 Å². The largest absolute Gasteiger partial charge is 0.376 e. The summed E-state index contributed by atoms with van der Waals surface area (Å²) in [6, 6.07) is 2.02. The second-order valence-corrected chi connectivity index (χ2v) is 6.19. The Morgan fingerprint density at radius 1 is 1.38 bits per heavy atom. The summed E-state index contributed by atoms with van der Waals surface area (Å²) in [5.74, 6) is 0.668. The lowest BCUT2D eigenvalue weighted by Crippen LogP contribution is -2.43. The van der Waals surface area contributed by atoms with Gasteiger partial charge in [-0.3, -0.25) is 4.79 Å². The van der Waals surface area contributed by atoms with Crippen molar-refractivity contribution < 1.29 is 0 Å². The minimum atomic E-state index is -0.0140. The summed E-state index contributed by atoms with van der Waals surface area (Å²) in [6.45, 7) is 3.73. The van der Waals surface area contributed by atoms with Gasteiger partial charge in [-0.1, -0.05) is 26.2 Å². The van der Waals surface area contributed by atoms with Gasteiger partial charge in [0.15, 0.2) is 0 Å². The fourth-order valence-electron chi connectivity index (χ4n) is 3.17. The normalized spacial score (nSPS) is 17.7. The third-order valence-corrected chi connectivity index (χ3v) is 4.43. The van der Waals surface area contributed by atoms with Crippen LogP contribution in [0.15, 0.2) is 17.1 Å². The number of hydrogen-bond acceptors (Lipinski definition) is 4. The molecule has 1 N–H and O–H groups in total. The fourth-order valence-corrected chi connectivity index (χ4v) is 3.17. The van der Waals surface area contributed by atoms with Crippen LogP contribution in [0.3, 0.4) is 0 Å². The van der Waals surface area contributed by atoms with Crippen LogP contribution in [0.5, 0.6) is 0 Å². The molecule has 0 spiro atoms. The summed E-state index contributed by atoms with van der Waals surface area (Å²) >= 11 is 0. The van der Waals surface area contributed by atoms with E-state index in [-0.39, 0.29) is 5.56 Å². The molecule has 1 fully saturated rings. The van der Waals surface area contributed by atoms with Crippen LogP contribution >= 0.6 is 0 Å². The average Bonchev–Trinajstić information content (AvgIpc) is 2.49. The molecule has 1 aromatic heterocycles. The first-order chi connectivity index (χ1) is 10.1. The van der Waals surface area contributed by atoms with Crippen molar-refractivity contribution in [2.24, 2.45) is 5.92 Å². The van der Waals surface area contributed by atoms with Crippen molar-refractivity contribution in [2.45, 2.75) is 51.6 Å². The molecule has 0 saturated heterocycles. The van der Waals surface area contributed by atoms with Gasteiger partial charge in [0.05, 0.1) is 18.4 Å². The van der Waals surface area contributed by atoms with E-state index < -0.39 is 0 Å². The summed E-state index contributed by atoms with van der Waals surface area (Å²) in [6.07, 6.45) is 8.28. The second-order valence-electron chi connectivity index (χ2n) is 6.19. The van der Waals surface area contributed by atoms with Crippen LogP contribution in [0.1, 0.15) is 39.0 Å². The maximum atomic E-state index is 12.2. The van der Waals surface area contributed by atoms with Gasteiger partial charge in [-0.15, -0.1) is 0 Å². The van der Waals surface area contributed by atoms with E-state index in [0.717, 1.165) is 12.2 Å². The zero-order chi connectivity index (χ0) is 15.2. The lowest BCUT2D eigenvalue weighted by molar-refractivity contribution is 0.242. The van der Waals surface area contributed by atoms with Crippen LogP contribution < -0.4 is 15.8 Å². The summed E-state index contributed by atoms with van der Waals surface area (Å²) in [5, 5.41) is 7.89. The standard InChI is InChI=1S/C16H28N4O/c1-4-17-15(13-8-6-5-7-9-13)12-20-16(21)10-14(11-18-20)19(2)3/h10-11,13,15,17H,4-9,12H2,1-3H3. The number of hydrogen-bond donors (Lipinski definition) is 1. The van der Waals surface area contributed by atoms with Crippen molar-refractivity contribution in [3.63, 3.8) is 0 Å². The number of nitrogens with zero attached hydrogens (tertiary/aromatic N) is 3. The molecule has 1 unspecified atom stereocenters. The number of rotatable bonds is 6. The molecule has 1 atom stereocenters. The van der Waals surface area contributed by atoms with Crippen LogP contribution in [0.4, 0.5) is 5.69 Å². The van der Waals surface area contributed by atoms with Crippen LogP contribution in [0.2, 0.25) is 0 Å². The minimum Gasteiger partial charge on any atom is -0.376 e. The SMILES string of the molecule is CCNC(Cn1ncc(N(C)C)cc1=O)C1CCCCC1. The van der Waals surface area contributed by atoms with Crippen molar-refractivity contribution in [3.8, 4) is 0 Å². The smallest absolute Gasteiger partial charge is 0.268 e. The first-order valence-corrected chi connectivity index (χ1v) is 8.09.